The number of carbonyl (C=O) groups is 2. The van der Waals surface area contributed by atoms with Crippen LogP contribution >= 0.6 is 0 Å². The maximum absolute atomic E-state index is 12.6. The number of benzene rings is 1. The van der Waals surface area contributed by atoms with E-state index in [1.54, 1.807) is 18.3 Å². The van der Waals surface area contributed by atoms with Gasteiger partial charge in [-0.15, -0.1) is 0 Å². The second-order valence-corrected chi connectivity index (χ2v) is 7.32. The van der Waals surface area contributed by atoms with Gasteiger partial charge >= 0.3 is 0 Å². The van der Waals surface area contributed by atoms with Crippen LogP contribution in [-0.4, -0.2) is 34.0 Å². The molecule has 2 amide bonds. The monoisotopic (exact) mass is 388 g/mol. The van der Waals surface area contributed by atoms with Gasteiger partial charge in [0.05, 0.1) is 5.56 Å². The second-order valence-electron chi connectivity index (χ2n) is 7.32. The number of hydrogen-bond donors (Lipinski definition) is 3. The molecule has 29 heavy (non-hydrogen) atoms. The SMILES string of the molecule is CN1c2ncccc2C(=O)N[C@@H]1c1ccc(NC(=O)c2n[nH]c3c2CCC3)cc1. The Morgan fingerprint density at radius 1 is 1.21 bits per heavy atom. The predicted octanol–water partition coefficient (Wildman–Crippen LogP) is 2.42. The van der Waals surface area contributed by atoms with Crippen LogP contribution in [0.15, 0.2) is 42.6 Å². The summed E-state index contributed by atoms with van der Waals surface area (Å²) in [5.41, 5.74) is 4.70. The first-order valence-electron chi connectivity index (χ1n) is 9.58. The lowest BCUT2D eigenvalue weighted by atomic mass is 10.1. The van der Waals surface area contributed by atoms with Gasteiger partial charge in [-0.1, -0.05) is 12.1 Å². The van der Waals surface area contributed by atoms with Crippen molar-refractivity contribution in [1.82, 2.24) is 20.5 Å². The van der Waals surface area contributed by atoms with Crippen molar-refractivity contribution in [3.63, 3.8) is 0 Å². The minimum absolute atomic E-state index is 0.152. The van der Waals surface area contributed by atoms with Gasteiger partial charge in [-0.3, -0.25) is 14.7 Å². The number of hydrogen-bond acceptors (Lipinski definition) is 5. The van der Waals surface area contributed by atoms with Crippen LogP contribution in [0.4, 0.5) is 11.5 Å². The highest BCUT2D eigenvalue weighted by Crippen LogP contribution is 2.30. The summed E-state index contributed by atoms with van der Waals surface area (Å²) in [6.45, 7) is 0. The van der Waals surface area contributed by atoms with E-state index in [4.69, 9.17) is 0 Å². The van der Waals surface area contributed by atoms with Gasteiger partial charge in [0.1, 0.15) is 12.0 Å². The van der Waals surface area contributed by atoms with E-state index in [0.717, 1.165) is 36.1 Å². The molecule has 1 atom stereocenters. The van der Waals surface area contributed by atoms with Gasteiger partial charge in [0.15, 0.2) is 5.69 Å². The van der Waals surface area contributed by atoms with Crippen molar-refractivity contribution in [2.45, 2.75) is 25.4 Å². The van der Waals surface area contributed by atoms with Crippen LogP contribution in [0.5, 0.6) is 0 Å². The number of aromatic amines is 1. The number of nitrogens with one attached hydrogen (secondary N) is 3. The molecule has 0 fully saturated rings. The van der Waals surface area contributed by atoms with E-state index in [2.05, 4.69) is 25.8 Å². The Morgan fingerprint density at radius 2 is 2.03 bits per heavy atom. The third-order valence-corrected chi connectivity index (χ3v) is 5.53. The molecule has 0 radical (unpaired) electrons. The van der Waals surface area contributed by atoms with Gasteiger partial charge < -0.3 is 15.5 Å². The van der Waals surface area contributed by atoms with Crippen molar-refractivity contribution >= 4 is 23.3 Å². The average molecular weight is 388 g/mol. The Hall–Kier alpha value is -3.68. The topological polar surface area (TPSA) is 103 Å². The molecular formula is C21H20N6O2. The number of carbonyl (C=O) groups excluding carboxylic acids is 2. The summed E-state index contributed by atoms with van der Waals surface area (Å²) in [6.07, 6.45) is 4.23. The molecule has 2 aliphatic rings. The fraction of sp³-hybridized carbons (Fsp3) is 0.238. The van der Waals surface area contributed by atoms with E-state index in [1.165, 1.54) is 0 Å². The molecule has 8 nitrogen and oxygen atoms in total. The second kappa shape index (κ2) is 6.73. The first-order valence-corrected chi connectivity index (χ1v) is 9.58. The molecule has 3 aromatic rings. The lowest BCUT2D eigenvalue weighted by molar-refractivity contribution is 0.0926. The zero-order valence-corrected chi connectivity index (χ0v) is 15.9. The lowest BCUT2D eigenvalue weighted by Crippen LogP contribution is -2.45. The summed E-state index contributed by atoms with van der Waals surface area (Å²) < 4.78 is 0. The summed E-state index contributed by atoms with van der Waals surface area (Å²) in [5.74, 6) is 0.283. The number of H-pyrrole nitrogens is 1. The van der Waals surface area contributed by atoms with Crippen molar-refractivity contribution in [3.05, 3.63) is 70.7 Å². The number of pyridine rings is 1. The maximum atomic E-state index is 12.6. The number of aromatic nitrogens is 3. The zero-order valence-electron chi connectivity index (χ0n) is 15.9. The molecule has 0 saturated heterocycles. The molecule has 0 saturated carbocycles. The van der Waals surface area contributed by atoms with Crippen molar-refractivity contribution in [1.29, 1.82) is 0 Å². The van der Waals surface area contributed by atoms with Gasteiger partial charge in [0.25, 0.3) is 11.8 Å². The molecular weight excluding hydrogens is 368 g/mol. The highest BCUT2D eigenvalue weighted by Gasteiger charge is 2.30. The van der Waals surface area contributed by atoms with Crippen LogP contribution in [0.25, 0.3) is 0 Å². The van der Waals surface area contributed by atoms with E-state index < -0.39 is 0 Å². The zero-order chi connectivity index (χ0) is 20.0. The van der Waals surface area contributed by atoms with Crippen LogP contribution < -0.4 is 15.5 Å². The first kappa shape index (κ1) is 17.4. The molecule has 2 aromatic heterocycles. The number of aryl methyl sites for hydroxylation is 1. The normalized spacial score (nSPS) is 17.5. The van der Waals surface area contributed by atoms with Gasteiger partial charge in [-0.2, -0.15) is 5.10 Å². The fourth-order valence-corrected chi connectivity index (χ4v) is 4.03. The standard InChI is InChI=1S/C21H20N6O2/c1-27-18(24-20(28)15-5-3-11-22-19(15)27)12-7-9-13(10-8-12)23-21(29)17-14-4-2-6-16(14)25-26-17/h3,5,7-11,18H,2,4,6H2,1H3,(H,23,29)(H,24,28)(H,25,26)/t18-/m0/s1. The number of fused-ring (bicyclic) bond motifs is 2. The van der Waals surface area contributed by atoms with Crippen molar-refractivity contribution in [3.8, 4) is 0 Å². The number of rotatable bonds is 3. The van der Waals surface area contributed by atoms with Gasteiger partial charge in [0.2, 0.25) is 0 Å². The fourth-order valence-electron chi connectivity index (χ4n) is 4.03. The van der Waals surface area contributed by atoms with Crippen molar-refractivity contribution < 1.29 is 9.59 Å². The summed E-state index contributed by atoms with van der Waals surface area (Å²) in [7, 11) is 1.89. The molecule has 8 heteroatoms. The van der Waals surface area contributed by atoms with Gasteiger partial charge in [-0.05, 0) is 49.1 Å². The van der Waals surface area contributed by atoms with E-state index in [-0.39, 0.29) is 18.0 Å². The lowest BCUT2D eigenvalue weighted by Gasteiger charge is -2.35. The summed E-state index contributed by atoms with van der Waals surface area (Å²) in [4.78, 5) is 31.3. The van der Waals surface area contributed by atoms with E-state index in [0.29, 0.717) is 22.8 Å². The number of anilines is 2. The van der Waals surface area contributed by atoms with Gasteiger partial charge in [-0.25, -0.2) is 4.98 Å². The van der Waals surface area contributed by atoms with Crippen LogP contribution in [0.3, 0.4) is 0 Å². The van der Waals surface area contributed by atoms with Crippen molar-refractivity contribution in [2.24, 2.45) is 0 Å². The molecule has 3 heterocycles. The largest absolute Gasteiger partial charge is 0.335 e. The maximum Gasteiger partial charge on any atom is 0.276 e. The Balaban J connectivity index is 1.34. The van der Waals surface area contributed by atoms with Crippen LogP contribution in [0.1, 0.15) is 50.3 Å². The highest BCUT2D eigenvalue weighted by molar-refractivity contribution is 6.04. The summed E-state index contributed by atoms with van der Waals surface area (Å²) in [5, 5.41) is 13.0. The molecule has 146 valence electrons. The molecule has 0 bridgehead atoms. The minimum Gasteiger partial charge on any atom is -0.335 e. The first-order chi connectivity index (χ1) is 14.1. The molecule has 0 spiro atoms. The van der Waals surface area contributed by atoms with Crippen LogP contribution in [0, 0.1) is 0 Å². The Bertz CT molecular complexity index is 1100. The smallest absolute Gasteiger partial charge is 0.276 e. The Morgan fingerprint density at radius 3 is 2.86 bits per heavy atom. The molecule has 1 aliphatic carbocycles. The quantitative estimate of drug-likeness (QED) is 0.639. The third kappa shape index (κ3) is 2.93. The number of nitrogens with zero attached hydrogens (tertiary/aromatic N) is 3. The van der Waals surface area contributed by atoms with E-state index >= 15 is 0 Å². The Kier molecular flexibility index (Phi) is 4.04. The van der Waals surface area contributed by atoms with Gasteiger partial charge in [0, 0.05) is 30.2 Å². The van der Waals surface area contributed by atoms with Crippen LogP contribution in [-0.2, 0) is 12.8 Å². The van der Waals surface area contributed by atoms with Crippen LogP contribution in [0.2, 0.25) is 0 Å². The molecule has 0 unspecified atom stereocenters. The van der Waals surface area contributed by atoms with E-state index in [9.17, 15) is 9.59 Å². The van der Waals surface area contributed by atoms with E-state index in [1.807, 2.05) is 36.2 Å². The molecule has 3 N–H and O–H groups in total. The molecule has 1 aliphatic heterocycles. The molecule has 5 rings (SSSR count). The highest BCUT2D eigenvalue weighted by atomic mass is 16.2. The third-order valence-electron chi connectivity index (χ3n) is 5.53. The number of amides is 2. The minimum atomic E-state index is -0.329. The Labute approximate surface area is 167 Å². The molecule has 1 aromatic carbocycles. The average Bonchev–Trinajstić information content (AvgIpc) is 3.35. The summed E-state index contributed by atoms with van der Waals surface area (Å²) in [6, 6.07) is 10.9. The summed E-state index contributed by atoms with van der Waals surface area (Å²) >= 11 is 0. The predicted molar refractivity (Wildman–Crippen MR) is 108 cm³/mol. The van der Waals surface area contributed by atoms with Crippen molar-refractivity contribution in [2.75, 3.05) is 17.3 Å².